The number of hydrogen-bond acceptors (Lipinski definition) is 2. The predicted molar refractivity (Wildman–Crippen MR) is 233 cm³/mol. The number of pyridine rings is 1. The van der Waals surface area contributed by atoms with E-state index < -0.39 is 0 Å². The third-order valence-electron chi connectivity index (χ3n) is 11.0. The Hall–Kier alpha value is -7.49. The summed E-state index contributed by atoms with van der Waals surface area (Å²) in [5.74, 6) is 0. The molecule has 0 saturated heterocycles. The third kappa shape index (κ3) is 5.32. The van der Waals surface area contributed by atoms with Crippen LogP contribution in [0, 0.1) is 0 Å². The van der Waals surface area contributed by atoms with Crippen molar-refractivity contribution in [2.45, 2.75) is 0 Å². The standard InChI is InChI=1S/C53H34N2O/c1-3-15-35(16-4-1)48-33-39(34-49(54-48)36-17-5-2-6-18-36)42-22-8-7-21-41(42)38-29-30-51-47(32-38)44-23-9-11-27-50(44)55(51)40-20-13-19-37(31-40)43-25-14-26-46-45-24-10-12-28-52(45)56-53(43)46/h1-34H. The highest BCUT2D eigenvalue weighted by atomic mass is 16.3. The summed E-state index contributed by atoms with van der Waals surface area (Å²) in [5.41, 5.74) is 16.2. The number of furan rings is 1. The normalized spacial score (nSPS) is 11.6. The summed E-state index contributed by atoms with van der Waals surface area (Å²) in [4.78, 5) is 5.15. The maximum atomic E-state index is 6.45. The molecule has 0 saturated carbocycles. The van der Waals surface area contributed by atoms with Gasteiger partial charge in [0.1, 0.15) is 11.2 Å². The van der Waals surface area contributed by atoms with Crippen molar-refractivity contribution < 1.29 is 4.42 Å². The summed E-state index contributed by atoms with van der Waals surface area (Å²) in [6.07, 6.45) is 0. The summed E-state index contributed by atoms with van der Waals surface area (Å²) >= 11 is 0. The molecule has 3 nitrogen and oxygen atoms in total. The molecule has 56 heavy (non-hydrogen) atoms. The summed E-state index contributed by atoms with van der Waals surface area (Å²) in [6.45, 7) is 0. The third-order valence-corrected chi connectivity index (χ3v) is 11.0. The van der Waals surface area contributed by atoms with Gasteiger partial charge in [-0.05, 0) is 76.3 Å². The van der Waals surface area contributed by atoms with Crippen molar-refractivity contribution >= 4 is 43.7 Å². The monoisotopic (exact) mass is 714 g/mol. The Balaban J connectivity index is 1.06. The van der Waals surface area contributed by atoms with Crippen molar-refractivity contribution in [2.75, 3.05) is 0 Å². The van der Waals surface area contributed by atoms with Crippen molar-refractivity contribution in [1.82, 2.24) is 9.55 Å². The molecule has 262 valence electrons. The first-order valence-corrected chi connectivity index (χ1v) is 19.0. The highest BCUT2D eigenvalue weighted by Crippen LogP contribution is 2.41. The van der Waals surface area contributed by atoms with Gasteiger partial charge in [0.2, 0.25) is 0 Å². The molecule has 0 N–H and O–H groups in total. The Kier molecular flexibility index (Phi) is 7.49. The largest absolute Gasteiger partial charge is 0.455 e. The van der Waals surface area contributed by atoms with Crippen LogP contribution in [0.3, 0.4) is 0 Å². The first-order chi connectivity index (χ1) is 27.8. The molecule has 3 aromatic heterocycles. The SMILES string of the molecule is c1ccc(-c2cc(-c3ccccc3-c3ccc4c(c3)c3ccccc3n4-c3cccc(-c4cccc5c4oc4ccccc45)c3)cc(-c3ccccc3)n2)cc1. The lowest BCUT2D eigenvalue weighted by Gasteiger charge is -2.14. The predicted octanol–water partition coefficient (Wildman–Crippen LogP) is 14.4. The molecule has 0 aliphatic rings. The Morgan fingerprint density at radius 1 is 0.339 bits per heavy atom. The van der Waals surface area contributed by atoms with Crippen LogP contribution in [0.5, 0.6) is 0 Å². The summed E-state index contributed by atoms with van der Waals surface area (Å²) < 4.78 is 8.85. The fourth-order valence-corrected chi connectivity index (χ4v) is 8.39. The van der Waals surface area contributed by atoms with Gasteiger partial charge in [0.05, 0.1) is 22.4 Å². The molecule has 11 aromatic rings. The number of aromatic nitrogens is 2. The number of benzene rings is 8. The van der Waals surface area contributed by atoms with E-state index in [-0.39, 0.29) is 0 Å². The van der Waals surface area contributed by atoms with Crippen LogP contribution >= 0.6 is 0 Å². The highest BCUT2D eigenvalue weighted by Gasteiger charge is 2.18. The number of rotatable bonds is 6. The van der Waals surface area contributed by atoms with Crippen molar-refractivity contribution in [3.63, 3.8) is 0 Å². The van der Waals surface area contributed by atoms with E-state index in [9.17, 15) is 0 Å². The fraction of sp³-hybridized carbons (Fsp3) is 0. The number of fused-ring (bicyclic) bond motifs is 6. The summed E-state index contributed by atoms with van der Waals surface area (Å²) in [6, 6.07) is 73.3. The fourth-order valence-electron chi connectivity index (χ4n) is 8.39. The quantitative estimate of drug-likeness (QED) is 0.172. The molecule has 0 fully saturated rings. The van der Waals surface area contributed by atoms with E-state index in [0.717, 1.165) is 72.3 Å². The van der Waals surface area contributed by atoms with Crippen LogP contribution in [0.2, 0.25) is 0 Å². The van der Waals surface area contributed by atoms with Gasteiger partial charge in [-0.1, -0.05) is 158 Å². The molecular weight excluding hydrogens is 681 g/mol. The van der Waals surface area contributed by atoms with E-state index in [4.69, 9.17) is 9.40 Å². The first kappa shape index (κ1) is 32.0. The van der Waals surface area contributed by atoms with E-state index in [1.165, 1.54) is 33.0 Å². The van der Waals surface area contributed by atoms with Crippen LogP contribution in [-0.4, -0.2) is 9.55 Å². The van der Waals surface area contributed by atoms with Gasteiger partial charge in [0.15, 0.2) is 0 Å². The molecule has 3 heterocycles. The van der Waals surface area contributed by atoms with E-state index in [1.54, 1.807) is 0 Å². The number of para-hydroxylation sites is 3. The van der Waals surface area contributed by atoms with Gasteiger partial charge in [0.25, 0.3) is 0 Å². The van der Waals surface area contributed by atoms with Crippen LogP contribution in [0.4, 0.5) is 0 Å². The zero-order valence-corrected chi connectivity index (χ0v) is 30.4. The zero-order valence-electron chi connectivity index (χ0n) is 30.4. The van der Waals surface area contributed by atoms with Gasteiger partial charge < -0.3 is 8.98 Å². The smallest absolute Gasteiger partial charge is 0.143 e. The van der Waals surface area contributed by atoms with E-state index in [2.05, 4.69) is 187 Å². The maximum absolute atomic E-state index is 6.45. The topological polar surface area (TPSA) is 31.0 Å². The lowest BCUT2D eigenvalue weighted by atomic mass is 9.92. The average Bonchev–Trinajstić information content (AvgIpc) is 3.83. The van der Waals surface area contributed by atoms with Gasteiger partial charge >= 0.3 is 0 Å². The molecular formula is C53H34N2O. The molecule has 0 bridgehead atoms. The lowest BCUT2D eigenvalue weighted by molar-refractivity contribution is 0.670. The lowest BCUT2D eigenvalue weighted by Crippen LogP contribution is -1.94. The molecule has 0 aliphatic heterocycles. The molecule has 3 heteroatoms. The van der Waals surface area contributed by atoms with Crippen LogP contribution in [0.15, 0.2) is 211 Å². The summed E-state index contributed by atoms with van der Waals surface area (Å²) in [7, 11) is 0. The Bertz CT molecular complexity index is 3190. The first-order valence-electron chi connectivity index (χ1n) is 19.0. The van der Waals surface area contributed by atoms with Crippen LogP contribution < -0.4 is 0 Å². The van der Waals surface area contributed by atoms with Gasteiger partial charge in [-0.15, -0.1) is 0 Å². The molecule has 0 spiro atoms. The number of nitrogens with zero attached hydrogens (tertiary/aromatic N) is 2. The average molecular weight is 715 g/mol. The van der Waals surface area contributed by atoms with Crippen LogP contribution in [-0.2, 0) is 0 Å². The van der Waals surface area contributed by atoms with Crippen LogP contribution in [0.25, 0.3) is 105 Å². The molecule has 0 atom stereocenters. The minimum atomic E-state index is 0.906. The Labute approximate surface area is 324 Å². The number of hydrogen-bond donors (Lipinski definition) is 0. The van der Waals surface area contributed by atoms with Crippen molar-refractivity contribution in [2.24, 2.45) is 0 Å². The second-order valence-corrected chi connectivity index (χ2v) is 14.3. The second-order valence-electron chi connectivity index (χ2n) is 14.3. The molecule has 0 aliphatic carbocycles. The van der Waals surface area contributed by atoms with E-state index in [0.29, 0.717) is 0 Å². The minimum Gasteiger partial charge on any atom is -0.455 e. The van der Waals surface area contributed by atoms with E-state index >= 15 is 0 Å². The van der Waals surface area contributed by atoms with Crippen molar-refractivity contribution in [1.29, 1.82) is 0 Å². The molecule has 0 amide bonds. The molecule has 0 unspecified atom stereocenters. The van der Waals surface area contributed by atoms with Gasteiger partial charge in [0, 0.05) is 43.9 Å². The molecule has 8 aromatic carbocycles. The maximum Gasteiger partial charge on any atom is 0.143 e. The highest BCUT2D eigenvalue weighted by molar-refractivity contribution is 6.12. The molecule has 11 rings (SSSR count). The van der Waals surface area contributed by atoms with Crippen molar-refractivity contribution in [3.05, 3.63) is 206 Å². The molecule has 0 radical (unpaired) electrons. The Morgan fingerprint density at radius 3 is 1.66 bits per heavy atom. The van der Waals surface area contributed by atoms with Gasteiger partial charge in [-0.2, -0.15) is 0 Å². The summed E-state index contributed by atoms with van der Waals surface area (Å²) in [5, 5.41) is 4.70. The van der Waals surface area contributed by atoms with Gasteiger partial charge in [-0.3, -0.25) is 0 Å². The van der Waals surface area contributed by atoms with Crippen LogP contribution in [0.1, 0.15) is 0 Å². The van der Waals surface area contributed by atoms with E-state index in [1.807, 2.05) is 24.3 Å². The van der Waals surface area contributed by atoms with Gasteiger partial charge in [-0.25, -0.2) is 4.98 Å². The Morgan fingerprint density at radius 2 is 0.893 bits per heavy atom. The zero-order chi connectivity index (χ0) is 37.0. The second kappa shape index (κ2) is 13.1. The minimum absolute atomic E-state index is 0.906. The van der Waals surface area contributed by atoms with Crippen molar-refractivity contribution in [3.8, 4) is 61.6 Å².